The highest BCUT2D eigenvalue weighted by Crippen LogP contribution is 2.35. The summed E-state index contributed by atoms with van der Waals surface area (Å²) in [4.78, 5) is 35.7. The van der Waals surface area contributed by atoms with Crippen LogP contribution >= 0.6 is 0 Å². The maximum Gasteiger partial charge on any atom is 0.421 e. The van der Waals surface area contributed by atoms with Crippen LogP contribution in [0, 0.1) is 5.82 Å². The standard InChI is InChI=1S/C23H28F4N6O3.CH4O/c1-4-6-19(34)32-7-9-33(10-8-32)21(35)14-11-18(36-3)17(12-16(14)24)30-22-29-13-15(23(25,26)27)20(31-22)28-5-2;1-2/h11-13H,4-10H2,1-3H3,(H2,28,29,30,31);2H,1H3. The number of ether oxygens (including phenoxy) is 1. The van der Waals surface area contributed by atoms with Crippen molar-refractivity contribution in [1.29, 1.82) is 0 Å². The summed E-state index contributed by atoms with van der Waals surface area (Å²) in [5.41, 5.74) is -1.23. The van der Waals surface area contributed by atoms with Crippen molar-refractivity contribution < 1.29 is 37.0 Å². The Kier molecular flexibility index (Phi) is 11.0. The Bertz CT molecular complexity index is 1110. The first-order valence-corrected chi connectivity index (χ1v) is 11.9. The number of methoxy groups -OCH3 is 1. The summed E-state index contributed by atoms with van der Waals surface area (Å²) in [5, 5.41) is 12.2. The van der Waals surface area contributed by atoms with Crippen LogP contribution in [-0.4, -0.2) is 83.6 Å². The summed E-state index contributed by atoms with van der Waals surface area (Å²) >= 11 is 0. The SMILES string of the molecule is CCCC(=O)N1CCN(C(=O)c2cc(OC)c(Nc3ncc(C(F)(F)F)c(NCC)n3)cc2F)CC1.CO. The first-order valence-electron chi connectivity index (χ1n) is 11.9. The third kappa shape index (κ3) is 7.43. The third-order valence-corrected chi connectivity index (χ3v) is 5.59. The molecule has 210 valence electrons. The molecule has 2 amide bonds. The Morgan fingerprint density at radius 1 is 1.11 bits per heavy atom. The molecule has 0 radical (unpaired) electrons. The molecule has 1 fully saturated rings. The van der Waals surface area contributed by atoms with Crippen LogP contribution in [0.1, 0.15) is 42.6 Å². The van der Waals surface area contributed by atoms with Crippen LogP contribution in [0.25, 0.3) is 0 Å². The predicted octanol–water partition coefficient (Wildman–Crippen LogP) is 3.51. The second-order valence-electron chi connectivity index (χ2n) is 8.06. The molecule has 14 heteroatoms. The van der Waals surface area contributed by atoms with E-state index in [-0.39, 0.29) is 48.5 Å². The quantitative estimate of drug-likeness (QED) is 0.432. The molecule has 0 unspecified atom stereocenters. The van der Waals surface area contributed by atoms with Gasteiger partial charge in [-0.2, -0.15) is 18.2 Å². The van der Waals surface area contributed by atoms with Gasteiger partial charge in [-0.1, -0.05) is 6.92 Å². The topological polar surface area (TPSA) is 120 Å². The van der Waals surface area contributed by atoms with Gasteiger partial charge in [0.05, 0.1) is 18.4 Å². The van der Waals surface area contributed by atoms with Gasteiger partial charge in [0.2, 0.25) is 11.9 Å². The summed E-state index contributed by atoms with van der Waals surface area (Å²) in [6, 6.07) is 2.21. The number of hydrogen-bond acceptors (Lipinski definition) is 8. The van der Waals surface area contributed by atoms with Gasteiger partial charge in [-0.15, -0.1) is 0 Å². The van der Waals surface area contributed by atoms with E-state index in [4.69, 9.17) is 9.84 Å². The molecule has 2 heterocycles. The molecule has 1 aliphatic heterocycles. The van der Waals surface area contributed by atoms with Gasteiger partial charge in [0, 0.05) is 58.5 Å². The second-order valence-corrected chi connectivity index (χ2v) is 8.06. The van der Waals surface area contributed by atoms with Gasteiger partial charge in [-0.25, -0.2) is 9.37 Å². The number of carbonyl (C=O) groups excluding carboxylic acids is 2. The van der Waals surface area contributed by atoms with Crippen molar-refractivity contribution in [3.8, 4) is 5.75 Å². The molecule has 3 N–H and O–H groups in total. The fraction of sp³-hybridized carbons (Fsp3) is 0.500. The first-order chi connectivity index (χ1) is 18.1. The van der Waals surface area contributed by atoms with Gasteiger partial charge in [0.1, 0.15) is 22.9 Å². The highest BCUT2D eigenvalue weighted by Gasteiger charge is 2.35. The number of aromatic nitrogens is 2. The molecule has 0 bridgehead atoms. The van der Waals surface area contributed by atoms with E-state index < -0.39 is 29.3 Å². The largest absolute Gasteiger partial charge is 0.495 e. The molecule has 0 spiro atoms. The molecule has 0 aliphatic carbocycles. The number of piperazine rings is 1. The van der Waals surface area contributed by atoms with Gasteiger partial charge >= 0.3 is 6.18 Å². The number of aliphatic hydroxyl groups is 1. The van der Waals surface area contributed by atoms with E-state index in [9.17, 15) is 27.2 Å². The molecule has 0 saturated carbocycles. The number of halogens is 4. The molecule has 1 saturated heterocycles. The van der Waals surface area contributed by atoms with Gasteiger partial charge in [0.25, 0.3) is 5.91 Å². The van der Waals surface area contributed by atoms with Crippen molar-refractivity contribution in [2.24, 2.45) is 0 Å². The van der Waals surface area contributed by atoms with Gasteiger partial charge in [-0.05, 0) is 19.4 Å². The van der Waals surface area contributed by atoms with Crippen LogP contribution in [0.4, 0.5) is 35.0 Å². The lowest BCUT2D eigenvalue weighted by molar-refractivity contribution is -0.137. The van der Waals surface area contributed by atoms with E-state index in [1.165, 1.54) is 18.1 Å². The smallest absolute Gasteiger partial charge is 0.421 e. The summed E-state index contributed by atoms with van der Waals surface area (Å²) in [6.45, 7) is 4.98. The molecule has 2 aromatic rings. The lowest BCUT2D eigenvalue weighted by Gasteiger charge is -2.35. The molecule has 1 aromatic carbocycles. The number of benzene rings is 1. The van der Waals surface area contributed by atoms with Crippen molar-refractivity contribution in [3.05, 3.63) is 35.3 Å². The van der Waals surface area contributed by atoms with E-state index in [1.807, 2.05) is 6.92 Å². The maximum absolute atomic E-state index is 15.0. The van der Waals surface area contributed by atoms with Crippen molar-refractivity contribution in [2.75, 3.05) is 57.6 Å². The Balaban J connectivity index is 0.00000247. The Hall–Kier alpha value is -3.68. The second kappa shape index (κ2) is 13.7. The monoisotopic (exact) mass is 544 g/mol. The number of nitrogens with one attached hydrogen (secondary N) is 2. The van der Waals surface area contributed by atoms with Crippen molar-refractivity contribution in [2.45, 2.75) is 32.9 Å². The number of rotatable bonds is 8. The fourth-order valence-corrected chi connectivity index (χ4v) is 3.76. The van der Waals surface area contributed by atoms with Gasteiger partial charge < -0.3 is 30.3 Å². The van der Waals surface area contributed by atoms with E-state index >= 15 is 0 Å². The van der Waals surface area contributed by atoms with Crippen molar-refractivity contribution in [1.82, 2.24) is 19.8 Å². The van der Waals surface area contributed by atoms with Crippen LogP contribution in [-0.2, 0) is 11.0 Å². The number of alkyl halides is 3. The minimum atomic E-state index is -4.66. The van der Waals surface area contributed by atoms with E-state index in [1.54, 1.807) is 11.8 Å². The van der Waals surface area contributed by atoms with Crippen LogP contribution < -0.4 is 15.4 Å². The average Bonchev–Trinajstić information content (AvgIpc) is 2.89. The summed E-state index contributed by atoms with van der Waals surface area (Å²) < 4.78 is 59.9. The summed E-state index contributed by atoms with van der Waals surface area (Å²) in [6.07, 6.45) is -2.86. The van der Waals surface area contributed by atoms with E-state index in [0.29, 0.717) is 25.7 Å². The lowest BCUT2D eigenvalue weighted by atomic mass is 10.1. The highest BCUT2D eigenvalue weighted by atomic mass is 19.4. The Labute approximate surface area is 218 Å². The summed E-state index contributed by atoms with van der Waals surface area (Å²) in [5.74, 6) is -1.96. The normalized spacial score (nSPS) is 13.4. The molecule has 3 rings (SSSR count). The number of aliphatic hydroxyl groups excluding tert-OH is 1. The third-order valence-electron chi connectivity index (χ3n) is 5.59. The molecule has 10 nitrogen and oxygen atoms in total. The number of amides is 2. The fourth-order valence-electron chi connectivity index (χ4n) is 3.76. The highest BCUT2D eigenvalue weighted by molar-refractivity contribution is 5.96. The minimum Gasteiger partial charge on any atom is -0.495 e. The first kappa shape index (κ1) is 30.5. The number of carbonyl (C=O) groups is 2. The molecule has 1 aromatic heterocycles. The van der Waals surface area contributed by atoms with Crippen LogP contribution in [0.5, 0.6) is 5.75 Å². The zero-order valence-corrected chi connectivity index (χ0v) is 21.7. The average molecular weight is 545 g/mol. The summed E-state index contributed by atoms with van der Waals surface area (Å²) in [7, 11) is 2.31. The number of hydrogen-bond donors (Lipinski definition) is 3. The Morgan fingerprint density at radius 3 is 2.29 bits per heavy atom. The zero-order valence-electron chi connectivity index (χ0n) is 21.7. The number of nitrogens with zero attached hydrogens (tertiary/aromatic N) is 4. The van der Waals surface area contributed by atoms with Gasteiger partial charge in [0.15, 0.2) is 0 Å². The molecule has 1 aliphatic rings. The van der Waals surface area contributed by atoms with E-state index in [0.717, 1.165) is 19.6 Å². The van der Waals surface area contributed by atoms with E-state index in [2.05, 4.69) is 20.6 Å². The minimum absolute atomic E-state index is 0.0238. The van der Waals surface area contributed by atoms with Crippen LogP contribution in [0.2, 0.25) is 0 Å². The molecule has 0 atom stereocenters. The predicted molar refractivity (Wildman–Crippen MR) is 133 cm³/mol. The van der Waals surface area contributed by atoms with Gasteiger partial charge in [-0.3, -0.25) is 9.59 Å². The maximum atomic E-state index is 15.0. The molecule has 38 heavy (non-hydrogen) atoms. The lowest BCUT2D eigenvalue weighted by Crippen LogP contribution is -2.50. The van der Waals surface area contributed by atoms with Crippen LogP contribution in [0.15, 0.2) is 18.3 Å². The zero-order chi connectivity index (χ0) is 28.5. The molecular formula is C24H32F4N6O4. The van der Waals surface area contributed by atoms with Crippen LogP contribution in [0.3, 0.4) is 0 Å². The number of anilines is 3. The van der Waals surface area contributed by atoms with Crippen molar-refractivity contribution in [3.63, 3.8) is 0 Å². The molecular weight excluding hydrogens is 512 g/mol. The van der Waals surface area contributed by atoms with Crippen molar-refractivity contribution >= 4 is 29.3 Å². The Morgan fingerprint density at radius 2 is 1.74 bits per heavy atom.